The topological polar surface area (TPSA) is 7.68 Å². The summed E-state index contributed by atoms with van der Waals surface area (Å²) >= 11 is 6.08. The zero-order valence-corrected chi connectivity index (χ0v) is 13.2. The SMILES string of the molecule is Cc1ccc(C[NH+]2CCN(c3cccc(Cl)c3)CC2)cc1. The molecule has 0 radical (unpaired) electrons. The second kappa shape index (κ2) is 6.50. The van der Waals surface area contributed by atoms with E-state index in [0.717, 1.165) is 24.7 Å². The quantitative estimate of drug-likeness (QED) is 0.915. The van der Waals surface area contributed by atoms with E-state index >= 15 is 0 Å². The van der Waals surface area contributed by atoms with Gasteiger partial charge in [0, 0.05) is 16.3 Å². The van der Waals surface area contributed by atoms with Crippen LogP contribution in [0.1, 0.15) is 11.1 Å². The number of benzene rings is 2. The Hall–Kier alpha value is -1.51. The Kier molecular flexibility index (Phi) is 4.47. The molecule has 21 heavy (non-hydrogen) atoms. The molecule has 0 aromatic heterocycles. The summed E-state index contributed by atoms with van der Waals surface area (Å²) in [6.07, 6.45) is 0. The van der Waals surface area contributed by atoms with Gasteiger partial charge in [0.05, 0.1) is 26.2 Å². The van der Waals surface area contributed by atoms with E-state index in [1.54, 1.807) is 4.90 Å². The Balaban J connectivity index is 1.56. The highest BCUT2D eigenvalue weighted by molar-refractivity contribution is 6.30. The Morgan fingerprint density at radius 1 is 1.05 bits per heavy atom. The zero-order chi connectivity index (χ0) is 14.7. The molecule has 1 N–H and O–H groups in total. The third-order valence-electron chi connectivity index (χ3n) is 4.22. The lowest BCUT2D eigenvalue weighted by Crippen LogP contribution is -3.13. The summed E-state index contributed by atoms with van der Waals surface area (Å²) in [6.45, 7) is 7.83. The number of nitrogens with zero attached hydrogens (tertiary/aromatic N) is 1. The van der Waals surface area contributed by atoms with Crippen molar-refractivity contribution in [3.05, 3.63) is 64.7 Å². The highest BCUT2D eigenvalue weighted by atomic mass is 35.5. The molecule has 0 saturated carbocycles. The second-order valence-electron chi connectivity index (χ2n) is 5.88. The zero-order valence-electron chi connectivity index (χ0n) is 12.5. The number of halogens is 1. The number of quaternary nitrogens is 1. The Bertz CT molecular complexity index is 586. The molecule has 0 atom stereocenters. The molecule has 2 aromatic rings. The van der Waals surface area contributed by atoms with E-state index in [1.165, 1.54) is 29.9 Å². The smallest absolute Gasteiger partial charge is 0.103 e. The molecule has 110 valence electrons. The van der Waals surface area contributed by atoms with Crippen LogP contribution in [0.4, 0.5) is 5.69 Å². The molecule has 3 rings (SSSR count). The summed E-state index contributed by atoms with van der Waals surface area (Å²) in [7, 11) is 0. The molecule has 2 aromatic carbocycles. The van der Waals surface area contributed by atoms with Crippen molar-refractivity contribution in [2.75, 3.05) is 31.1 Å². The molecular formula is C18H22ClN2+. The van der Waals surface area contributed by atoms with E-state index in [4.69, 9.17) is 11.6 Å². The van der Waals surface area contributed by atoms with Crippen LogP contribution in [-0.4, -0.2) is 26.2 Å². The van der Waals surface area contributed by atoms with E-state index in [1.807, 2.05) is 12.1 Å². The summed E-state index contributed by atoms with van der Waals surface area (Å²) in [4.78, 5) is 4.10. The van der Waals surface area contributed by atoms with Gasteiger partial charge < -0.3 is 9.80 Å². The van der Waals surface area contributed by atoms with Crippen LogP contribution in [0.15, 0.2) is 48.5 Å². The first-order valence-electron chi connectivity index (χ1n) is 7.60. The average molecular weight is 302 g/mol. The van der Waals surface area contributed by atoms with Gasteiger partial charge >= 0.3 is 0 Å². The van der Waals surface area contributed by atoms with Gasteiger partial charge in [-0.05, 0) is 25.1 Å². The molecule has 0 amide bonds. The average Bonchev–Trinajstić information content (AvgIpc) is 2.50. The van der Waals surface area contributed by atoms with Crippen molar-refractivity contribution in [2.45, 2.75) is 13.5 Å². The molecule has 0 spiro atoms. The van der Waals surface area contributed by atoms with Crippen LogP contribution in [0.5, 0.6) is 0 Å². The van der Waals surface area contributed by atoms with Crippen molar-refractivity contribution < 1.29 is 4.90 Å². The molecule has 1 fully saturated rings. The highest BCUT2D eigenvalue weighted by Crippen LogP contribution is 2.19. The van der Waals surface area contributed by atoms with Crippen LogP contribution in [0.3, 0.4) is 0 Å². The number of aryl methyl sites for hydroxylation is 1. The van der Waals surface area contributed by atoms with Crippen molar-refractivity contribution in [1.29, 1.82) is 0 Å². The van der Waals surface area contributed by atoms with E-state index in [9.17, 15) is 0 Å². The lowest BCUT2D eigenvalue weighted by molar-refractivity contribution is -0.914. The van der Waals surface area contributed by atoms with Crippen molar-refractivity contribution in [2.24, 2.45) is 0 Å². The molecule has 2 nitrogen and oxygen atoms in total. The first-order chi connectivity index (χ1) is 10.2. The molecule has 1 aliphatic heterocycles. The highest BCUT2D eigenvalue weighted by Gasteiger charge is 2.20. The number of nitrogens with one attached hydrogen (secondary N) is 1. The molecule has 1 heterocycles. The largest absolute Gasteiger partial charge is 0.360 e. The summed E-state index contributed by atoms with van der Waals surface area (Å²) in [6, 6.07) is 17.1. The van der Waals surface area contributed by atoms with Crippen molar-refractivity contribution in [1.82, 2.24) is 0 Å². The summed E-state index contributed by atoms with van der Waals surface area (Å²) in [5, 5.41) is 0.821. The van der Waals surface area contributed by atoms with Crippen LogP contribution in [0.25, 0.3) is 0 Å². The predicted octanol–water partition coefficient (Wildman–Crippen LogP) is 2.55. The molecule has 0 unspecified atom stereocenters. The van der Waals surface area contributed by atoms with Crippen molar-refractivity contribution >= 4 is 17.3 Å². The van der Waals surface area contributed by atoms with E-state index in [0.29, 0.717) is 0 Å². The van der Waals surface area contributed by atoms with Crippen LogP contribution < -0.4 is 9.80 Å². The van der Waals surface area contributed by atoms with Gasteiger partial charge in [-0.3, -0.25) is 0 Å². The van der Waals surface area contributed by atoms with Gasteiger partial charge in [0.15, 0.2) is 0 Å². The monoisotopic (exact) mass is 301 g/mol. The maximum atomic E-state index is 6.08. The Morgan fingerprint density at radius 2 is 1.76 bits per heavy atom. The Morgan fingerprint density at radius 3 is 2.43 bits per heavy atom. The molecule has 1 aliphatic rings. The van der Waals surface area contributed by atoms with Crippen molar-refractivity contribution in [3.8, 4) is 0 Å². The van der Waals surface area contributed by atoms with Crippen LogP contribution in [0.2, 0.25) is 5.02 Å². The fourth-order valence-corrected chi connectivity index (χ4v) is 3.11. The lowest BCUT2D eigenvalue weighted by Gasteiger charge is -2.33. The summed E-state index contributed by atoms with van der Waals surface area (Å²) in [5.41, 5.74) is 4.02. The van der Waals surface area contributed by atoms with Gasteiger partial charge in [-0.2, -0.15) is 0 Å². The number of hydrogen-bond acceptors (Lipinski definition) is 1. The first kappa shape index (κ1) is 14.4. The number of piperazine rings is 1. The van der Waals surface area contributed by atoms with Gasteiger partial charge in [-0.1, -0.05) is 47.5 Å². The standard InChI is InChI=1S/C18H21ClN2/c1-15-5-7-16(8-6-15)14-20-9-11-21(12-10-20)18-4-2-3-17(19)13-18/h2-8,13H,9-12,14H2,1H3/p+1. The lowest BCUT2D eigenvalue weighted by atomic mass is 10.1. The van der Waals surface area contributed by atoms with Gasteiger partial charge in [-0.25, -0.2) is 0 Å². The minimum absolute atomic E-state index is 0.821. The van der Waals surface area contributed by atoms with Gasteiger partial charge in [0.25, 0.3) is 0 Å². The number of rotatable bonds is 3. The van der Waals surface area contributed by atoms with Crippen molar-refractivity contribution in [3.63, 3.8) is 0 Å². The fourth-order valence-electron chi connectivity index (χ4n) is 2.93. The van der Waals surface area contributed by atoms with Gasteiger partial charge in [-0.15, -0.1) is 0 Å². The Labute approximate surface area is 131 Å². The second-order valence-corrected chi connectivity index (χ2v) is 6.32. The normalized spacial score (nSPS) is 16.2. The minimum atomic E-state index is 0.821. The summed E-state index contributed by atoms with van der Waals surface area (Å²) in [5.74, 6) is 0. The molecule has 3 heteroatoms. The van der Waals surface area contributed by atoms with Gasteiger partial charge in [0.2, 0.25) is 0 Å². The predicted molar refractivity (Wildman–Crippen MR) is 89.2 cm³/mol. The molecular weight excluding hydrogens is 280 g/mol. The molecule has 0 aliphatic carbocycles. The van der Waals surface area contributed by atoms with E-state index in [2.05, 4.69) is 48.2 Å². The van der Waals surface area contributed by atoms with E-state index in [-0.39, 0.29) is 0 Å². The summed E-state index contributed by atoms with van der Waals surface area (Å²) < 4.78 is 0. The first-order valence-corrected chi connectivity index (χ1v) is 7.98. The minimum Gasteiger partial charge on any atom is -0.360 e. The van der Waals surface area contributed by atoms with Crippen LogP contribution in [0, 0.1) is 6.92 Å². The number of anilines is 1. The third-order valence-corrected chi connectivity index (χ3v) is 4.45. The van der Waals surface area contributed by atoms with Crippen LogP contribution in [-0.2, 0) is 6.54 Å². The molecule has 1 saturated heterocycles. The third kappa shape index (κ3) is 3.78. The fraction of sp³-hybridized carbons (Fsp3) is 0.333. The maximum Gasteiger partial charge on any atom is 0.103 e. The van der Waals surface area contributed by atoms with Gasteiger partial charge in [0.1, 0.15) is 6.54 Å². The van der Waals surface area contributed by atoms with E-state index < -0.39 is 0 Å². The molecule has 0 bridgehead atoms. The van der Waals surface area contributed by atoms with Crippen LogP contribution >= 0.6 is 11.6 Å². The maximum absolute atomic E-state index is 6.08. The number of hydrogen-bond donors (Lipinski definition) is 1.